The van der Waals surface area contributed by atoms with Crippen LogP contribution in [0.3, 0.4) is 0 Å². The summed E-state index contributed by atoms with van der Waals surface area (Å²) in [6.07, 6.45) is 3.02. The maximum absolute atomic E-state index is 12.7. The summed E-state index contributed by atoms with van der Waals surface area (Å²) in [4.78, 5) is 28.1. The summed E-state index contributed by atoms with van der Waals surface area (Å²) >= 11 is 0. The summed E-state index contributed by atoms with van der Waals surface area (Å²) in [7, 11) is 1.62. The summed E-state index contributed by atoms with van der Waals surface area (Å²) in [6.45, 7) is 1.96. The Balaban J connectivity index is 1.45. The molecule has 0 radical (unpaired) electrons. The Morgan fingerprint density at radius 2 is 1.97 bits per heavy atom. The second-order valence-electron chi connectivity index (χ2n) is 7.72. The van der Waals surface area contributed by atoms with Crippen molar-refractivity contribution >= 4 is 28.3 Å². The molecule has 7 nitrogen and oxygen atoms in total. The molecule has 4 N–H and O–H groups in total. The topological polar surface area (TPSA) is 102 Å². The van der Waals surface area contributed by atoms with Crippen molar-refractivity contribution in [2.75, 3.05) is 18.2 Å². The maximum Gasteiger partial charge on any atom is 0.326 e. The van der Waals surface area contributed by atoms with Crippen molar-refractivity contribution in [3.63, 3.8) is 0 Å². The molecule has 4 rings (SSSR count). The first-order chi connectivity index (χ1) is 14.0. The van der Waals surface area contributed by atoms with Crippen LogP contribution in [0, 0.1) is 12.8 Å². The van der Waals surface area contributed by atoms with Crippen molar-refractivity contribution in [2.45, 2.75) is 38.6 Å². The SMILES string of the molecule is COc1cc(NC(=O)C2CCC(n3c(=O)[nH]c4c(N)cccc43)CC2)ccc1C. The zero-order valence-electron chi connectivity index (χ0n) is 16.7. The zero-order chi connectivity index (χ0) is 20.5. The third-order valence-electron chi connectivity index (χ3n) is 5.89. The number of aryl methyl sites for hydroxylation is 1. The highest BCUT2D eigenvalue weighted by Crippen LogP contribution is 2.34. The molecule has 0 bridgehead atoms. The van der Waals surface area contributed by atoms with Gasteiger partial charge in [0.15, 0.2) is 0 Å². The summed E-state index contributed by atoms with van der Waals surface area (Å²) in [5.74, 6) is 0.707. The summed E-state index contributed by atoms with van der Waals surface area (Å²) < 4.78 is 7.12. The summed E-state index contributed by atoms with van der Waals surface area (Å²) in [5.41, 5.74) is 9.69. The van der Waals surface area contributed by atoms with Crippen LogP contribution in [-0.2, 0) is 4.79 Å². The molecule has 0 atom stereocenters. The van der Waals surface area contributed by atoms with Gasteiger partial charge in [-0.1, -0.05) is 12.1 Å². The van der Waals surface area contributed by atoms with Gasteiger partial charge in [-0.3, -0.25) is 9.36 Å². The van der Waals surface area contributed by atoms with E-state index < -0.39 is 0 Å². The number of amides is 1. The number of nitrogens with one attached hydrogen (secondary N) is 2. The average molecular weight is 394 g/mol. The number of fused-ring (bicyclic) bond motifs is 1. The van der Waals surface area contributed by atoms with Crippen molar-refractivity contribution in [1.29, 1.82) is 0 Å². The van der Waals surface area contributed by atoms with E-state index in [9.17, 15) is 9.59 Å². The van der Waals surface area contributed by atoms with Crippen LogP contribution in [0.25, 0.3) is 11.0 Å². The number of ether oxygens (including phenoxy) is 1. The summed E-state index contributed by atoms with van der Waals surface area (Å²) in [5, 5.41) is 3.00. The van der Waals surface area contributed by atoms with Gasteiger partial charge in [-0.2, -0.15) is 0 Å². The molecule has 1 fully saturated rings. The Morgan fingerprint density at radius 1 is 1.21 bits per heavy atom. The quantitative estimate of drug-likeness (QED) is 0.588. The third-order valence-corrected chi connectivity index (χ3v) is 5.89. The number of methoxy groups -OCH3 is 1. The number of H-pyrrole nitrogens is 1. The van der Waals surface area contributed by atoms with Crippen LogP contribution in [0.15, 0.2) is 41.2 Å². The molecule has 1 heterocycles. The molecule has 1 saturated carbocycles. The van der Waals surface area contributed by atoms with Crippen LogP contribution in [0.4, 0.5) is 11.4 Å². The first-order valence-corrected chi connectivity index (χ1v) is 9.92. The van der Waals surface area contributed by atoms with E-state index in [4.69, 9.17) is 10.5 Å². The number of carbonyl (C=O) groups excluding carboxylic acids is 1. The number of benzene rings is 2. The Hall–Kier alpha value is -3.22. The molecular formula is C22H26N4O3. The molecular weight excluding hydrogens is 368 g/mol. The van der Waals surface area contributed by atoms with Crippen molar-refractivity contribution in [2.24, 2.45) is 5.92 Å². The van der Waals surface area contributed by atoms with E-state index in [2.05, 4.69) is 10.3 Å². The molecule has 1 amide bonds. The van der Waals surface area contributed by atoms with Crippen LogP contribution in [0.2, 0.25) is 0 Å². The molecule has 0 saturated heterocycles. The van der Waals surface area contributed by atoms with Gasteiger partial charge in [0.2, 0.25) is 5.91 Å². The van der Waals surface area contributed by atoms with Gasteiger partial charge in [-0.25, -0.2) is 4.79 Å². The number of nitrogens with two attached hydrogens (primary N) is 1. The molecule has 1 aromatic heterocycles. The normalized spacial score (nSPS) is 19.2. The van der Waals surface area contributed by atoms with Crippen LogP contribution >= 0.6 is 0 Å². The fourth-order valence-corrected chi connectivity index (χ4v) is 4.27. The highest BCUT2D eigenvalue weighted by Gasteiger charge is 2.29. The Morgan fingerprint density at radius 3 is 2.69 bits per heavy atom. The maximum atomic E-state index is 12.7. The number of nitrogens with zero attached hydrogens (tertiary/aromatic N) is 1. The monoisotopic (exact) mass is 394 g/mol. The van der Waals surface area contributed by atoms with Crippen LogP contribution in [-0.4, -0.2) is 22.6 Å². The number of rotatable bonds is 4. The van der Waals surface area contributed by atoms with Crippen molar-refractivity contribution in [1.82, 2.24) is 9.55 Å². The Labute approximate surface area is 168 Å². The number of carbonyl (C=O) groups is 1. The van der Waals surface area contributed by atoms with Gasteiger partial charge in [0.1, 0.15) is 5.75 Å². The van der Waals surface area contributed by atoms with Crippen LogP contribution in [0.5, 0.6) is 5.75 Å². The van der Waals surface area contributed by atoms with E-state index in [1.807, 2.05) is 37.3 Å². The van der Waals surface area contributed by atoms with E-state index in [1.165, 1.54) is 0 Å². The Kier molecular flexibility index (Phi) is 5.05. The minimum Gasteiger partial charge on any atom is -0.496 e. The zero-order valence-corrected chi connectivity index (χ0v) is 16.7. The number of para-hydroxylation sites is 1. The molecule has 0 unspecified atom stereocenters. The fourth-order valence-electron chi connectivity index (χ4n) is 4.27. The predicted molar refractivity (Wildman–Crippen MR) is 114 cm³/mol. The molecule has 1 aliphatic carbocycles. The third kappa shape index (κ3) is 3.60. The van der Waals surface area contributed by atoms with E-state index in [0.29, 0.717) is 11.2 Å². The van der Waals surface area contributed by atoms with Gasteiger partial charge in [0.25, 0.3) is 0 Å². The minimum atomic E-state index is -0.141. The molecule has 0 spiro atoms. The largest absolute Gasteiger partial charge is 0.496 e. The van der Waals surface area contributed by atoms with Crippen molar-refractivity contribution in [3.05, 3.63) is 52.4 Å². The predicted octanol–water partition coefficient (Wildman–Crippen LogP) is 3.60. The first-order valence-electron chi connectivity index (χ1n) is 9.92. The highest BCUT2D eigenvalue weighted by molar-refractivity contribution is 5.93. The van der Waals surface area contributed by atoms with E-state index in [0.717, 1.165) is 48.2 Å². The first kappa shape index (κ1) is 19.1. The Bertz CT molecular complexity index is 1110. The smallest absolute Gasteiger partial charge is 0.326 e. The number of hydrogen-bond donors (Lipinski definition) is 3. The van der Waals surface area contributed by atoms with Gasteiger partial charge < -0.3 is 20.8 Å². The fraction of sp³-hybridized carbons (Fsp3) is 0.364. The summed E-state index contributed by atoms with van der Waals surface area (Å²) in [6, 6.07) is 11.3. The van der Waals surface area contributed by atoms with Gasteiger partial charge in [-0.05, 0) is 56.4 Å². The standard InChI is InChI=1S/C22H26N4O3/c1-13-6-9-15(12-19(13)29-2)24-21(27)14-7-10-16(11-8-14)26-18-5-3-4-17(23)20(18)25-22(26)28/h3-6,9,12,14,16H,7-8,10-11,23H2,1-2H3,(H,24,27)(H,25,28). The van der Waals surface area contributed by atoms with Gasteiger partial charge >= 0.3 is 5.69 Å². The number of anilines is 2. The van der Waals surface area contributed by atoms with E-state index in [1.54, 1.807) is 17.7 Å². The number of hydrogen-bond acceptors (Lipinski definition) is 4. The molecule has 152 valence electrons. The highest BCUT2D eigenvalue weighted by atomic mass is 16.5. The molecule has 1 aliphatic rings. The molecule has 29 heavy (non-hydrogen) atoms. The minimum absolute atomic E-state index is 0.0184. The number of imidazole rings is 1. The lowest BCUT2D eigenvalue weighted by atomic mass is 9.85. The van der Waals surface area contributed by atoms with Crippen molar-refractivity contribution < 1.29 is 9.53 Å². The lowest BCUT2D eigenvalue weighted by molar-refractivity contribution is -0.121. The molecule has 3 aromatic rings. The molecule has 0 aliphatic heterocycles. The molecule has 7 heteroatoms. The number of aromatic nitrogens is 2. The van der Waals surface area contributed by atoms with Crippen LogP contribution < -0.4 is 21.5 Å². The van der Waals surface area contributed by atoms with Gasteiger partial charge in [0, 0.05) is 23.7 Å². The van der Waals surface area contributed by atoms with Crippen molar-refractivity contribution in [3.8, 4) is 5.75 Å². The van der Waals surface area contributed by atoms with Gasteiger partial charge in [0.05, 0.1) is 23.8 Å². The van der Waals surface area contributed by atoms with E-state index in [-0.39, 0.29) is 23.6 Å². The lowest BCUT2D eigenvalue weighted by Crippen LogP contribution is -2.31. The van der Waals surface area contributed by atoms with Gasteiger partial charge in [-0.15, -0.1) is 0 Å². The number of aromatic amines is 1. The van der Waals surface area contributed by atoms with E-state index >= 15 is 0 Å². The molecule has 2 aromatic carbocycles. The second-order valence-corrected chi connectivity index (χ2v) is 7.72. The second kappa shape index (κ2) is 7.66. The average Bonchev–Trinajstić information content (AvgIpc) is 3.07. The lowest BCUT2D eigenvalue weighted by Gasteiger charge is -2.28. The van der Waals surface area contributed by atoms with Crippen LogP contribution in [0.1, 0.15) is 37.3 Å². The number of nitrogen functional groups attached to an aromatic ring is 1.